The van der Waals surface area contributed by atoms with Gasteiger partial charge in [0.05, 0.1) is 31.6 Å². The number of aromatic nitrogens is 1. The molecule has 6 rings (SSSR count). The molecule has 1 atom stereocenters. The van der Waals surface area contributed by atoms with Gasteiger partial charge in [-0.05, 0) is 65.8 Å². The summed E-state index contributed by atoms with van der Waals surface area (Å²) >= 11 is 6.58. The van der Waals surface area contributed by atoms with Crippen LogP contribution in [-0.4, -0.2) is 60.2 Å². The SMILES string of the molecule is COC(=O)c1ccc2c(C3CCCCC3)c3n(c2c1)CC(C(O)N1CCOCC1)=Cc1ccc(Cl)cc1-3. The third kappa shape index (κ3) is 4.50. The molecule has 6 nitrogen and oxygen atoms in total. The highest BCUT2D eigenvalue weighted by Gasteiger charge is 2.32. The van der Waals surface area contributed by atoms with E-state index in [9.17, 15) is 9.90 Å². The maximum absolute atomic E-state index is 12.5. The summed E-state index contributed by atoms with van der Waals surface area (Å²) in [6.07, 6.45) is 7.42. The van der Waals surface area contributed by atoms with Crippen molar-refractivity contribution >= 4 is 34.5 Å². The summed E-state index contributed by atoms with van der Waals surface area (Å²) in [5.41, 5.74) is 7.06. The van der Waals surface area contributed by atoms with Crippen molar-refractivity contribution in [2.24, 2.45) is 0 Å². The Morgan fingerprint density at radius 3 is 2.65 bits per heavy atom. The predicted molar refractivity (Wildman–Crippen MR) is 146 cm³/mol. The lowest BCUT2D eigenvalue weighted by Crippen LogP contribution is -2.44. The van der Waals surface area contributed by atoms with Crippen LogP contribution in [0.15, 0.2) is 42.0 Å². The molecular formula is C30H33ClN2O4. The normalized spacial score (nSPS) is 19.6. The average molecular weight is 521 g/mol. The smallest absolute Gasteiger partial charge is 0.337 e. The summed E-state index contributed by atoms with van der Waals surface area (Å²) in [5.74, 6) is 0.0897. The minimum atomic E-state index is -0.724. The highest BCUT2D eigenvalue weighted by molar-refractivity contribution is 6.31. The highest BCUT2D eigenvalue weighted by atomic mass is 35.5. The summed E-state index contributed by atoms with van der Waals surface area (Å²) in [6.45, 7) is 3.12. The number of carbonyl (C=O) groups is 1. The molecule has 1 saturated carbocycles. The number of ether oxygens (including phenoxy) is 2. The molecule has 0 amide bonds. The first-order valence-corrected chi connectivity index (χ1v) is 13.7. The number of carbonyl (C=O) groups excluding carboxylic acids is 1. The van der Waals surface area contributed by atoms with Crippen molar-refractivity contribution in [2.45, 2.75) is 50.8 Å². The van der Waals surface area contributed by atoms with Crippen molar-refractivity contribution in [1.82, 2.24) is 9.47 Å². The minimum Gasteiger partial charge on any atom is -0.465 e. The number of methoxy groups -OCH3 is 1. The lowest BCUT2D eigenvalue weighted by molar-refractivity contribution is -0.0419. The quantitative estimate of drug-likeness (QED) is 0.438. The number of morpholine rings is 1. The molecule has 1 saturated heterocycles. The molecule has 3 aromatic rings. The first kappa shape index (κ1) is 24.7. The Kier molecular flexibility index (Phi) is 6.84. The standard InChI is InChI=1S/C30H33ClN2O4/c1-36-30(35)21-8-10-24-26(16-21)33-18-22(29(34)32-11-13-37-14-12-32)15-20-7-9-23(31)17-25(20)28(33)27(24)19-5-3-2-4-6-19/h7-10,15-17,19,29,34H,2-6,11-14,18H2,1H3. The van der Waals surface area contributed by atoms with Gasteiger partial charge in [-0.2, -0.15) is 0 Å². The van der Waals surface area contributed by atoms with Crippen LogP contribution in [0.4, 0.5) is 0 Å². The molecule has 3 aliphatic rings. The fourth-order valence-electron chi connectivity index (χ4n) is 6.38. The fraction of sp³-hybridized carbons (Fsp3) is 0.433. The molecule has 2 fully saturated rings. The van der Waals surface area contributed by atoms with E-state index in [1.54, 1.807) is 0 Å². The Morgan fingerprint density at radius 1 is 1.11 bits per heavy atom. The monoisotopic (exact) mass is 520 g/mol. The van der Waals surface area contributed by atoms with E-state index in [1.165, 1.54) is 37.3 Å². The second-order valence-corrected chi connectivity index (χ2v) is 10.8. The summed E-state index contributed by atoms with van der Waals surface area (Å²) in [7, 11) is 1.41. The number of aliphatic hydroxyl groups excluding tert-OH is 1. The number of hydrogen-bond acceptors (Lipinski definition) is 5. The molecule has 2 aliphatic heterocycles. The van der Waals surface area contributed by atoms with Crippen LogP contribution >= 0.6 is 11.6 Å². The largest absolute Gasteiger partial charge is 0.465 e. The van der Waals surface area contributed by atoms with Gasteiger partial charge >= 0.3 is 5.97 Å². The first-order chi connectivity index (χ1) is 18.0. The van der Waals surface area contributed by atoms with Crippen LogP contribution in [0.1, 0.15) is 59.5 Å². The van der Waals surface area contributed by atoms with E-state index < -0.39 is 6.23 Å². The van der Waals surface area contributed by atoms with Crippen molar-refractivity contribution in [3.8, 4) is 11.3 Å². The van der Waals surface area contributed by atoms with E-state index in [2.05, 4.69) is 33.7 Å². The first-order valence-electron chi connectivity index (χ1n) is 13.3. The van der Waals surface area contributed by atoms with E-state index in [0.29, 0.717) is 49.4 Å². The van der Waals surface area contributed by atoms with E-state index in [-0.39, 0.29) is 5.97 Å². The zero-order valence-corrected chi connectivity index (χ0v) is 22.0. The second kappa shape index (κ2) is 10.3. The zero-order valence-electron chi connectivity index (χ0n) is 21.2. The summed E-state index contributed by atoms with van der Waals surface area (Å²) in [5, 5.41) is 13.4. The Balaban J connectivity index is 1.60. The van der Waals surface area contributed by atoms with Gasteiger partial charge in [-0.3, -0.25) is 4.90 Å². The maximum atomic E-state index is 12.5. The molecule has 1 aromatic heterocycles. The molecule has 3 heterocycles. The number of esters is 1. The van der Waals surface area contributed by atoms with Gasteiger partial charge in [-0.1, -0.05) is 43.0 Å². The molecular weight excluding hydrogens is 488 g/mol. The van der Waals surface area contributed by atoms with Crippen molar-refractivity contribution in [3.63, 3.8) is 0 Å². The molecule has 0 radical (unpaired) electrons. The van der Waals surface area contributed by atoms with E-state index in [1.807, 2.05) is 18.2 Å². The van der Waals surface area contributed by atoms with Gasteiger partial charge in [-0.25, -0.2) is 4.79 Å². The number of aliphatic hydroxyl groups is 1. The Labute approximate surface area is 222 Å². The van der Waals surface area contributed by atoms with E-state index in [0.717, 1.165) is 40.8 Å². The molecule has 1 N–H and O–H groups in total. The van der Waals surface area contributed by atoms with Crippen molar-refractivity contribution in [2.75, 3.05) is 33.4 Å². The van der Waals surface area contributed by atoms with Gasteiger partial charge in [0.2, 0.25) is 0 Å². The van der Waals surface area contributed by atoms with Crippen molar-refractivity contribution in [3.05, 3.63) is 63.7 Å². The summed E-state index contributed by atoms with van der Waals surface area (Å²) in [4.78, 5) is 14.6. The number of nitrogens with zero attached hydrogens (tertiary/aromatic N) is 2. The predicted octanol–water partition coefficient (Wildman–Crippen LogP) is 5.84. The average Bonchev–Trinajstić information content (AvgIpc) is 3.16. The van der Waals surface area contributed by atoms with Crippen molar-refractivity contribution in [1.29, 1.82) is 0 Å². The van der Waals surface area contributed by atoms with Gasteiger partial charge in [0, 0.05) is 41.1 Å². The Morgan fingerprint density at radius 2 is 1.89 bits per heavy atom. The van der Waals surface area contributed by atoms with Crippen LogP contribution in [0.2, 0.25) is 5.02 Å². The number of hydrogen-bond donors (Lipinski definition) is 1. The minimum absolute atomic E-state index is 0.349. The van der Waals surface area contributed by atoms with Crippen molar-refractivity contribution < 1.29 is 19.4 Å². The lowest BCUT2D eigenvalue weighted by atomic mass is 9.81. The summed E-state index contributed by atoms with van der Waals surface area (Å²) in [6, 6.07) is 11.9. The van der Waals surface area contributed by atoms with Crippen LogP contribution in [0.3, 0.4) is 0 Å². The van der Waals surface area contributed by atoms with Crippen LogP contribution in [0.25, 0.3) is 28.2 Å². The molecule has 1 unspecified atom stereocenters. The summed E-state index contributed by atoms with van der Waals surface area (Å²) < 4.78 is 12.9. The van der Waals surface area contributed by atoms with Crippen LogP contribution < -0.4 is 0 Å². The zero-order chi connectivity index (χ0) is 25.5. The van der Waals surface area contributed by atoms with Crippen LogP contribution in [0, 0.1) is 0 Å². The number of fused-ring (bicyclic) bond motifs is 5. The highest BCUT2D eigenvalue weighted by Crippen LogP contribution is 2.47. The number of rotatable bonds is 4. The molecule has 7 heteroatoms. The van der Waals surface area contributed by atoms with Crippen LogP contribution in [-0.2, 0) is 16.0 Å². The maximum Gasteiger partial charge on any atom is 0.337 e. The molecule has 37 heavy (non-hydrogen) atoms. The second-order valence-electron chi connectivity index (χ2n) is 10.4. The third-order valence-electron chi connectivity index (χ3n) is 8.21. The van der Waals surface area contributed by atoms with Gasteiger partial charge in [0.25, 0.3) is 0 Å². The molecule has 0 spiro atoms. The molecule has 0 bridgehead atoms. The third-order valence-corrected chi connectivity index (χ3v) is 8.45. The van der Waals surface area contributed by atoms with Gasteiger partial charge in [0.1, 0.15) is 6.23 Å². The van der Waals surface area contributed by atoms with Gasteiger partial charge < -0.3 is 19.1 Å². The number of benzene rings is 2. The van der Waals surface area contributed by atoms with E-state index in [4.69, 9.17) is 21.1 Å². The topological polar surface area (TPSA) is 63.9 Å². The molecule has 1 aliphatic carbocycles. The Hall–Kier alpha value is -2.64. The fourth-order valence-corrected chi connectivity index (χ4v) is 6.55. The lowest BCUT2D eigenvalue weighted by Gasteiger charge is -2.32. The van der Waals surface area contributed by atoms with Gasteiger partial charge in [0.15, 0.2) is 0 Å². The Bertz CT molecular complexity index is 1370. The molecule has 194 valence electrons. The van der Waals surface area contributed by atoms with E-state index >= 15 is 0 Å². The van der Waals surface area contributed by atoms with Gasteiger partial charge in [-0.15, -0.1) is 0 Å². The van der Waals surface area contributed by atoms with Crippen LogP contribution in [0.5, 0.6) is 0 Å². The molecule has 2 aromatic carbocycles. The number of halogens is 1.